The van der Waals surface area contributed by atoms with Gasteiger partial charge in [0.25, 0.3) is 5.91 Å². The molecule has 0 bridgehead atoms. The second-order valence-electron chi connectivity index (χ2n) is 7.08. The van der Waals surface area contributed by atoms with Crippen LogP contribution in [0.4, 0.5) is 15.9 Å². The summed E-state index contributed by atoms with van der Waals surface area (Å²) >= 11 is 5.79. The molecule has 1 unspecified atom stereocenters. The van der Waals surface area contributed by atoms with Gasteiger partial charge in [0.2, 0.25) is 0 Å². The molecule has 4 rings (SSSR count). The Labute approximate surface area is 172 Å². The normalized spacial score (nSPS) is 16.4. The van der Waals surface area contributed by atoms with Crippen molar-refractivity contribution in [3.05, 3.63) is 58.6 Å². The molecule has 3 aromatic rings. The van der Waals surface area contributed by atoms with Crippen molar-refractivity contribution in [1.82, 2.24) is 9.97 Å². The molecule has 150 valence electrons. The molecule has 6 nitrogen and oxygen atoms in total. The molecular weight excluding hydrogens is 393 g/mol. The topological polar surface area (TPSA) is 84.1 Å². The van der Waals surface area contributed by atoms with Gasteiger partial charge in [0.05, 0.1) is 16.1 Å². The van der Waals surface area contributed by atoms with Crippen LogP contribution in [0.3, 0.4) is 0 Å². The Kier molecular flexibility index (Phi) is 5.24. The minimum absolute atomic E-state index is 0.118. The number of nitrogens with two attached hydrogens (primary N) is 1. The Morgan fingerprint density at radius 1 is 1.34 bits per heavy atom. The van der Waals surface area contributed by atoms with Crippen molar-refractivity contribution >= 4 is 39.9 Å². The number of benzene rings is 2. The Balaban J connectivity index is 1.62. The maximum atomic E-state index is 13.8. The SMILES string of the molecule is CCc1nc(NC2CCN(c3ccc(Cl)c(F)c3)C2)c2cccc(C(N)=O)c2n1. The van der Waals surface area contributed by atoms with Crippen LogP contribution in [0.25, 0.3) is 10.9 Å². The molecule has 1 aliphatic rings. The van der Waals surface area contributed by atoms with E-state index in [0.717, 1.165) is 24.0 Å². The van der Waals surface area contributed by atoms with E-state index in [1.54, 1.807) is 18.2 Å². The highest BCUT2D eigenvalue weighted by atomic mass is 35.5. The number of fused-ring (bicyclic) bond motifs is 1. The maximum Gasteiger partial charge on any atom is 0.250 e. The minimum atomic E-state index is -0.515. The Hall–Kier alpha value is -2.93. The van der Waals surface area contributed by atoms with Crippen molar-refractivity contribution in [2.45, 2.75) is 25.8 Å². The smallest absolute Gasteiger partial charge is 0.250 e. The first-order chi connectivity index (χ1) is 14.0. The lowest BCUT2D eigenvalue weighted by molar-refractivity contribution is 0.100. The molecule has 3 N–H and O–H groups in total. The van der Waals surface area contributed by atoms with Crippen LogP contribution in [0, 0.1) is 5.82 Å². The van der Waals surface area contributed by atoms with Crippen LogP contribution in [0.15, 0.2) is 36.4 Å². The van der Waals surface area contributed by atoms with Gasteiger partial charge in [0.1, 0.15) is 17.5 Å². The highest BCUT2D eigenvalue weighted by molar-refractivity contribution is 6.30. The molecule has 1 aliphatic heterocycles. The highest BCUT2D eigenvalue weighted by Crippen LogP contribution is 2.28. The summed E-state index contributed by atoms with van der Waals surface area (Å²) in [6.07, 6.45) is 1.51. The molecule has 1 atom stereocenters. The fourth-order valence-corrected chi connectivity index (χ4v) is 3.77. The summed E-state index contributed by atoms with van der Waals surface area (Å²) in [5, 5.41) is 4.36. The summed E-state index contributed by atoms with van der Waals surface area (Å²) in [4.78, 5) is 23.1. The number of anilines is 2. The molecule has 0 radical (unpaired) electrons. The van der Waals surface area contributed by atoms with Gasteiger partial charge < -0.3 is 16.0 Å². The minimum Gasteiger partial charge on any atom is -0.369 e. The second-order valence-corrected chi connectivity index (χ2v) is 7.49. The van der Waals surface area contributed by atoms with Gasteiger partial charge in [0, 0.05) is 36.6 Å². The summed E-state index contributed by atoms with van der Waals surface area (Å²) in [7, 11) is 0. The zero-order valence-corrected chi connectivity index (χ0v) is 16.7. The summed E-state index contributed by atoms with van der Waals surface area (Å²) in [5.74, 6) is 0.389. The third kappa shape index (κ3) is 3.82. The van der Waals surface area contributed by atoms with Crippen LogP contribution in [0.1, 0.15) is 29.5 Å². The fourth-order valence-electron chi connectivity index (χ4n) is 3.65. The molecule has 29 heavy (non-hydrogen) atoms. The molecule has 2 aromatic carbocycles. The maximum absolute atomic E-state index is 13.8. The lowest BCUT2D eigenvalue weighted by Gasteiger charge is -2.20. The first kappa shape index (κ1) is 19.4. The third-order valence-electron chi connectivity index (χ3n) is 5.15. The number of hydrogen-bond acceptors (Lipinski definition) is 5. The molecule has 1 fully saturated rings. The monoisotopic (exact) mass is 413 g/mol. The Morgan fingerprint density at radius 3 is 2.90 bits per heavy atom. The average molecular weight is 414 g/mol. The Bertz CT molecular complexity index is 1090. The molecule has 1 aromatic heterocycles. The van der Waals surface area contributed by atoms with Crippen LogP contribution < -0.4 is 16.0 Å². The number of primary amides is 1. The molecule has 0 saturated carbocycles. The number of aromatic nitrogens is 2. The average Bonchev–Trinajstić information content (AvgIpc) is 3.17. The number of hydrogen-bond donors (Lipinski definition) is 2. The van der Waals surface area contributed by atoms with Crippen molar-refractivity contribution in [3.63, 3.8) is 0 Å². The molecule has 0 spiro atoms. The van der Waals surface area contributed by atoms with Crippen LogP contribution in [-0.2, 0) is 6.42 Å². The zero-order chi connectivity index (χ0) is 20.5. The quantitative estimate of drug-likeness (QED) is 0.665. The van der Waals surface area contributed by atoms with E-state index >= 15 is 0 Å². The van der Waals surface area contributed by atoms with Gasteiger partial charge in [-0.15, -0.1) is 0 Å². The van der Waals surface area contributed by atoms with Crippen LogP contribution in [0.5, 0.6) is 0 Å². The predicted octanol–water partition coefficient (Wildman–Crippen LogP) is 3.77. The van der Waals surface area contributed by atoms with Gasteiger partial charge in [-0.3, -0.25) is 4.79 Å². The van der Waals surface area contributed by atoms with Gasteiger partial charge in [0.15, 0.2) is 0 Å². The van der Waals surface area contributed by atoms with E-state index in [1.165, 1.54) is 6.07 Å². The van der Waals surface area contributed by atoms with Crippen molar-refractivity contribution in [2.24, 2.45) is 5.73 Å². The van der Waals surface area contributed by atoms with Crippen molar-refractivity contribution in [1.29, 1.82) is 0 Å². The summed E-state index contributed by atoms with van der Waals surface area (Å²) < 4.78 is 13.8. The zero-order valence-electron chi connectivity index (χ0n) is 16.0. The lowest BCUT2D eigenvalue weighted by Crippen LogP contribution is -2.26. The van der Waals surface area contributed by atoms with Gasteiger partial charge in [-0.05, 0) is 36.8 Å². The molecule has 8 heteroatoms. The first-order valence-corrected chi connectivity index (χ1v) is 9.90. The summed E-state index contributed by atoms with van der Waals surface area (Å²) in [6.45, 7) is 3.45. The van der Waals surface area contributed by atoms with Crippen LogP contribution in [-0.4, -0.2) is 35.0 Å². The molecular formula is C21H21ClFN5O. The number of nitrogens with one attached hydrogen (secondary N) is 1. The second kappa shape index (κ2) is 7.83. The van der Waals surface area contributed by atoms with E-state index in [1.807, 2.05) is 19.1 Å². The number of carbonyl (C=O) groups excluding carboxylic acids is 1. The van der Waals surface area contributed by atoms with E-state index in [4.69, 9.17) is 17.3 Å². The van der Waals surface area contributed by atoms with E-state index in [2.05, 4.69) is 20.2 Å². The van der Waals surface area contributed by atoms with E-state index in [-0.39, 0.29) is 11.1 Å². The summed E-state index contributed by atoms with van der Waals surface area (Å²) in [6, 6.07) is 10.3. The molecule has 1 amide bonds. The molecule has 1 saturated heterocycles. The van der Waals surface area contributed by atoms with Crippen molar-refractivity contribution in [2.75, 3.05) is 23.3 Å². The number of carbonyl (C=O) groups is 1. The van der Waals surface area contributed by atoms with E-state index in [0.29, 0.717) is 35.7 Å². The lowest BCUT2D eigenvalue weighted by atomic mass is 10.1. The van der Waals surface area contributed by atoms with Crippen LogP contribution >= 0.6 is 11.6 Å². The number of halogens is 2. The third-order valence-corrected chi connectivity index (χ3v) is 5.46. The van der Waals surface area contributed by atoms with Crippen molar-refractivity contribution < 1.29 is 9.18 Å². The predicted molar refractivity (Wildman–Crippen MR) is 113 cm³/mol. The highest BCUT2D eigenvalue weighted by Gasteiger charge is 2.25. The molecule has 0 aliphatic carbocycles. The number of nitrogens with zero attached hydrogens (tertiary/aromatic N) is 3. The number of amides is 1. The van der Waals surface area contributed by atoms with Gasteiger partial charge >= 0.3 is 0 Å². The van der Waals surface area contributed by atoms with Gasteiger partial charge in [-0.2, -0.15) is 0 Å². The Morgan fingerprint density at radius 2 is 2.17 bits per heavy atom. The number of rotatable bonds is 5. The van der Waals surface area contributed by atoms with Gasteiger partial charge in [-0.25, -0.2) is 14.4 Å². The fraction of sp³-hybridized carbons (Fsp3) is 0.286. The largest absolute Gasteiger partial charge is 0.369 e. The van der Waals surface area contributed by atoms with Crippen LogP contribution in [0.2, 0.25) is 5.02 Å². The van der Waals surface area contributed by atoms with Crippen molar-refractivity contribution in [3.8, 4) is 0 Å². The summed E-state index contributed by atoms with van der Waals surface area (Å²) in [5.41, 5.74) is 7.27. The number of aryl methyl sites for hydroxylation is 1. The standard InChI is InChI=1S/C21H21ClFN5O/c1-2-18-26-19-14(20(24)29)4-3-5-15(19)21(27-18)25-12-8-9-28(11-12)13-6-7-16(22)17(23)10-13/h3-7,10,12H,2,8-9,11H2,1H3,(H2,24,29)(H,25,26,27). The number of para-hydroxylation sites is 1. The first-order valence-electron chi connectivity index (χ1n) is 9.52. The van der Waals surface area contributed by atoms with Gasteiger partial charge in [-0.1, -0.05) is 24.6 Å². The molecule has 2 heterocycles. The van der Waals surface area contributed by atoms with E-state index in [9.17, 15) is 9.18 Å². The van der Waals surface area contributed by atoms with E-state index < -0.39 is 11.7 Å².